The van der Waals surface area contributed by atoms with Crippen LogP contribution in [-0.2, 0) is 0 Å². The molecule has 14 heavy (non-hydrogen) atoms. The van der Waals surface area contributed by atoms with Crippen LogP contribution in [0.1, 0.15) is 24.2 Å². The first-order valence-corrected chi connectivity index (χ1v) is 5.61. The van der Waals surface area contributed by atoms with Crippen molar-refractivity contribution in [2.24, 2.45) is 0 Å². The van der Waals surface area contributed by atoms with Crippen LogP contribution < -0.4 is 4.46 Å². The second-order valence-corrected chi connectivity index (χ2v) is 3.90. The Hall–Kier alpha value is -0.791. The first-order valence-electron chi connectivity index (χ1n) is 4.76. The predicted molar refractivity (Wildman–Crippen MR) is 59.1 cm³/mol. The summed E-state index contributed by atoms with van der Waals surface area (Å²) >= 11 is 2.91. The zero-order chi connectivity index (χ0) is 10.6. The number of nitrogens with zero attached hydrogens (tertiary/aromatic N) is 1. The Bertz CT molecular complexity index is 321. The second-order valence-electron chi connectivity index (χ2n) is 2.97. The van der Waals surface area contributed by atoms with E-state index >= 15 is 0 Å². The molecule has 0 unspecified atom stereocenters. The predicted octanol–water partition coefficient (Wildman–Crippen LogP) is 0.962. The van der Waals surface area contributed by atoms with Crippen molar-refractivity contribution >= 4 is 26.4 Å². The van der Waals surface area contributed by atoms with Gasteiger partial charge in [-0.3, -0.25) is 0 Å². The molecule has 0 saturated carbocycles. The molecule has 1 amide bonds. The maximum atomic E-state index is 11.9. The average Bonchev–Trinajstić information content (AvgIpc) is 2.20. The van der Waals surface area contributed by atoms with Crippen LogP contribution in [0.25, 0.3) is 0 Å². The molecule has 75 valence electrons. The molecule has 0 spiro atoms. The van der Waals surface area contributed by atoms with Gasteiger partial charge in [-0.1, -0.05) is 0 Å². The molecule has 1 radical (unpaired) electrons. The molecule has 0 aliphatic heterocycles. The Kier molecular flexibility index (Phi) is 4.18. The number of hydrogen-bond donors (Lipinski definition) is 0. The molecule has 0 heterocycles. The number of benzene rings is 1. The first kappa shape index (κ1) is 11.3. The summed E-state index contributed by atoms with van der Waals surface area (Å²) in [4.78, 5) is 13.7. The topological polar surface area (TPSA) is 20.3 Å². The second kappa shape index (κ2) is 5.18. The van der Waals surface area contributed by atoms with Crippen molar-refractivity contribution in [2.45, 2.75) is 13.8 Å². The quantitative estimate of drug-likeness (QED) is 0.737. The van der Waals surface area contributed by atoms with Gasteiger partial charge in [-0.25, -0.2) is 0 Å². The fraction of sp³-hybridized carbons (Fsp3) is 0.364. The zero-order valence-corrected chi connectivity index (χ0v) is 10.2. The Morgan fingerprint density at radius 2 is 1.86 bits per heavy atom. The van der Waals surface area contributed by atoms with Gasteiger partial charge in [0.25, 0.3) is 0 Å². The SMILES string of the molecule is CCN(CC)C(=O)c1ccccc1[Se]. The molecule has 0 aromatic heterocycles. The molecule has 0 atom stereocenters. The van der Waals surface area contributed by atoms with Crippen molar-refractivity contribution in [3.05, 3.63) is 29.8 Å². The van der Waals surface area contributed by atoms with Crippen molar-refractivity contribution in [1.82, 2.24) is 4.90 Å². The van der Waals surface area contributed by atoms with Crippen LogP contribution in [0.15, 0.2) is 24.3 Å². The zero-order valence-electron chi connectivity index (χ0n) is 8.49. The molecule has 0 bridgehead atoms. The van der Waals surface area contributed by atoms with Gasteiger partial charge in [0.05, 0.1) is 0 Å². The molecule has 0 aliphatic rings. The standard InChI is InChI=1S/C11H14NOSe/c1-3-12(4-2)11(13)9-7-5-6-8-10(9)14/h5-8H,3-4H2,1-2H3. The summed E-state index contributed by atoms with van der Waals surface area (Å²) in [5.41, 5.74) is 0.760. The van der Waals surface area contributed by atoms with Crippen LogP contribution in [0.3, 0.4) is 0 Å². The molecule has 1 rings (SSSR count). The van der Waals surface area contributed by atoms with Crippen LogP contribution >= 0.6 is 0 Å². The van der Waals surface area contributed by atoms with Crippen LogP contribution in [0.5, 0.6) is 0 Å². The van der Waals surface area contributed by atoms with E-state index in [2.05, 4.69) is 16.0 Å². The fourth-order valence-electron chi connectivity index (χ4n) is 1.32. The molecule has 1 aromatic rings. The van der Waals surface area contributed by atoms with Gasteiger partial charge in [-0.05, 0) is 0 Å². The normalized spacial score (nSPS) is 9.86. The van der Waals surface area contributed by atoms with Crippen LogP contribution in [0.4, 0.5) is 0 Å². The maximum absolute atomic E-state index is 11.9. The van der Waals surface area contributed by atoms with Gasteiger partial charge in [0.1, 0.15) is 0 Å². The monoisotopic (exact) mass is 256 g/mol. The van der Waals surface area contributed by atoms with E-state index in [1.165, 1.54) is 0 Å². The minimum absolute atomic E-state index is 0.101. The summed E-state index contributed by atoms with van der Waals surface area (Å²) in [6.07, 6.45) is 0. The summed E-state index contributed by atoms with van der Waals surface area (Å²) in [6, 6.07) is 7.58. The van der Waals surface area contributed by atoms with E-state index in [0.717, 1.165) is 23.1 Å². The van der Waals surface area contributed by atoms with Crippen LogP contribution in [0, 0.1) is 0 Å². The van der Waals surface area contributed by atoms with E-state index < -0.39 is 0 Å². The van der Waals surface area contributed by atoms with E-state index in [-0.39, 0.29) is 5.91 Å². The third kappa shape index (κ3) is 2.37. The number of rotatable bonds is 3. The van der Waals surface area contributed by atoms with E-state index in [9.17, 15) is 4.79 Å². The fourth-order valence-corrected chi connectivity index (χ4v) is 1.82. The van der Waals surface area contributed by atoms with Gasteiger partial charge in [-0.2, -0.15) is 0 Å². The minimum atomic E-state index is 0.101. The van der Waals surface area contributed by atoms with Gasteiger partial charge >= 0.3 is 92.8 Å². The van der Waals surface area contributed by atoms with Gasteiger partial charge in [0.2, 0.25) is 0 Å². The van der Waals surface area contributed by atoms with Gasteiger partial charge in [0, 0.05) is 0 Å². The van der Waals surface area contributed by atoms with E-state index in [4.69, 9.17) is 0 Å². The summed E-state index contributed by atoms with van der Waals surface area (Å²) in [6.45, 7) is 5.49. The number of amides is 1. The van der Waals surface area contributed by atoms with Crippen molar-refractivity contribution in [1.29, 1.82) is 0 Å². The molecular formula is C11H14NOSe. The third-order valence-electron chi connectivity index (χ3n) is 2.17. The first-order chi connectivity index (χ1) is 6.70. The van der Waals surface area contributed by atoms with Crippen LogP contribution in [-0.4, -0.2) is 39.9 Å². The van der Waals surface area contributed by atoms with Crippen molar-refractivity contribution in [2.75, 3.05) is 13.1 Å². The Morgan fingerprint density at radius 3 is 2.36 bits per heavy atom. The Balaban J connectivity index is 2.94. The van der Waals surface area contributed by atoms with Crippen molar-refractivity contribution in [3.8, 4) is 0 Å². The number of carbonyl (C=O) groups is 1. The summed E-state index contributed by atoms with van der Waals surface area (Å²) in [7, 11) is 0. The third-order valence-corrected chi connectivity index (χ3v) is 2.92. The number of carbonyl (C=O) groups excluding carboxylic acids is 1. The molecule has 1 aromatic carbocycles. The molecular weight excluding hydrogens is 241 g/mol. The summed E-state index contributed by atoms with van der Waals surface area (Å²) in [5.74, 6) is 0.101. The van der Waals surface area contributed by atoms with E-state index in [0.29, 0.717) is 0 Å². The summed E-state index contributed by atoms with van der Waals surface area (Å²) in [5, 5.41) is 0. The van der Waals surface area contributed by atoms with E-state index in [1.807, 2.05) is 43.0 Å². The average molecular weight is 255 g/mol. The molecule has 0 N–H and O–H groups in total. The van der Waals surface area contributed by atoms with Crippen molar-refractivity contribution in [3.63, 3.8) is 0 Å². The molecule has 0 saturated heterocycles. The van der Waals surface area contributed by atoms with Gasteiger partial charge in [0.15, 0.2) is 0 Å². The van der Waals surface area contributed by atoms with Crippen molar-refractivity contribution < 1.29 is 4.79 Å². The molecule has 0 aliphatic carbocycles. The molecule has 0 fully saturated rings. The van der Waals surface area contributed by atoms with Crippen LogP contribution in [0.2, 0.25) is 0 Å². The van der Waals surface area contributed by atoms with Gasteiger partial charge < -0.3 is 0 Å². The summed E-state index contributed by atoms with van der Waals surface area (Å²) < 4.78 is 0.921. The Morgan fingerprint density at radius 1 is 1.29 bits per heavy atom. The Labute approximate surface area is 93.1 Å². The molecule has 2 nitrogen and oxygen atoms in total. The van der Waals surface area contributed by atoms with Gasteiger partial charge in [-0.15, -0.1) is 0 Å². The number of hydrogen-bond acceptors (Lipinski definition) is 1. The van der Waals surface area contributed by atoms with E-state index in [1.54, 1.807) is 0 Å². The molecule has 3 heteroatoms.